The van der Waals surface area contributed by atoms with E-state index in [1.54, 1.807) is 0 Å². The third-order valence-electron chi connectivity index (χ3n) is 9.27. The van der Waals surface area contributed by atoms with Crippen LogP contribution in [0.4, 0.5) is 0 Å². The highest BCUT2D eigenvalue weighted by atomic mass is 16.5. The summed E-state index contributed by atoms with van der Waals surface area (Å²) in [4.78, 5) is 13.3. The lowest BCUT2D eigenvalue weighted by atomic mass is 9.66. The summed E-state index contributed by atoms with van der Waals surface area (Å²) in [5.41, 5.74) is 4.40. The smallest absolute Gasteiger partial charge is 0.309 e. The summed E-state index contributed by atoms with van der Waals surface area (Å²) >= 11 is 0. The number of benzene rings is 2. The van der Waals surface area contributed by atoms with Gasteiger partial charge in [-0.05, 0) is 60.1 Å². The number of hydrogen-bond acceptors (Lipinski definition) is 2. The van der Waals surface area contributed by atoms with Gasteiger partial charge in [0.1, 0.15) is 6.10 Å². The van der Waals surface area contributed by atoms with Crippen LogP contribution in [0, 0.1) is 28.1 Å². The number of carbonyl (C=O) groups is 1. The lowest BCUT2D eigenvalue weighted by Crippen LogP contribution is -2.48. The monoisotopic (exact) mass is 402 g/mol. The van der Waals surface area contributed by atoms with E-state index in [1.165, 1.54) is 23.1 Å². The number of rotatable bonds is 4. The molecular formula is C28H34O2. The largest absolute Gasteiger partial charge is 0.461 e. The minimum absolute atomic E-state index is 0.00290. The third-order valence-corrected chi connectivity index (χ3v) is 9.27. The fraction of sp³-hybridized carbons (Fsp3) is 0.536. The number of carbonyl (C=O) groups excluding carboxylic acids is 1. The molecule has 3 aliphatic rings. The zero-order valence-electron chi connectivity index (χ0n) is 18.8. The second kappa shape index (κ2) is 6.70. The Kier molecular flexibility index (Phi) is 4.44. The molecule has 0 aliphatic heterocycles. The summed E-state index contributed by atoms with van der Waals surface area (Å²) in [7, 11) is 0. The Hall–Kier alpha value is -2.09. The molecule has 4 unspecified atom stereocenters. The molecule has 0 radical (unpaired) electrons. The van der Waals surface area contributed by atoms with Crippen molar-refractivity contribution in [1.82, 2.24) is 0 Å². The maximum absolute atomic E-state index is 13.3. The summed E-state index contributed by atoms with van der Waals surface area (Å²) in [6, 6.07) is 19.2. The second-order valence-corrected chi connectivity index (χ2v) is 11.0. The molecule has 30 heavy (non-hydrogen) atoms. The van der Waals surface area contributed by atoms with Crippen molar-refractivity contribution in [3.8, 4) is 0 Å². The molecule has 2 aromatic rings. The Morgan fingerprint density at radius 1 is 1.00 bits per heavy atom. The van der Waals surface area contributed by atoms with Gasteiger partial charge in [-0.15, -0.1) is 0 Å². The van der Waals surface area contributed by atoms with Gasteiger partial charge in [0.2, 0.25) is 0 Å². The van der Waals surface area contributed by atoms with Gasteiger partial charge in [-0.25, -0.2) is 0 Å². The van der Waals surface area contributed by atoms with Gasteiger partial charge < -0.3 is 4.74 Å². The molecule has 2 fully saturated rings. The molecule has 0 heterocycles. The standard InChI is InChI=1S/C28H34O2/c1-19(16-20-10-6-5-7-11-20)24(29)30-25-27(4)15-14-23(26(27,2)3)28(25)17-21-12-8-9-13-22(21)18-28/h5-13,19,23,25H,14-18H2,1-4H3. The molecule has 2 heteroatoms. The highest BCUT2D eigenvalue weighted by molar-refractivity contribution is 5.73. The van der Waals surface area contributed by atoms with Crippen LogP contribution in [0.15, 0.2) is 54.6 Å². The van der Waals surface area contributed by atoms with Crippen molar-refractivity contribution in [1.29, 1.82) is 0 Å². The summed E-state index contributed by atoms with van der Waals surface area (Å²) < 4.78 is 6.55. The third kappa shape index (κ3) is 2.65. The van der Waals surface area contributed by atoms with Gasteiger partial charge in [-0.2, -0.15) is 0 Å². The van der Waals surface area contributed by atoms with Crippen molar-refractivity contribution in [3.63, 3.8) is 0 Å². The fourth-order valence-electron chi connectivity index (χ4n) is 7.45. The molecule has 2 aromatic carbocycles. The van der Waals surface area contributed by atoms with E-state index in [0.717, 1.165) is 25.7 Å². The van der Waals surface area contributed by atoms with Crippen LogP contribution in [0.2, 0.25) is 0 Å². The average molecular weight is 403 g/mol. The Morgan fingerprint density at radius 2 is 1.60 bits per heavy atom. The van der Waals surface area contributed by atoms with Crippen LogP contribution < -0.4 is 0 Å². The maximum atomic E-state index is 13.3. The van der Waals surface area contributed by atoms with Crippen LogP contribution in [0.3, 0.4) is 0 Å². The quantitative estimate of drug-likeness (QED) is 0.585. The van der Waals surface area contributed by atoms with E-state index in [4.69, 9.17) is 4.74 Å². The van der Waals surface area contributed by atoms with Gasteiger partial charge >= 0.3 is 5.97 Å². The van der Waals surface area contributed by atoms with E-state index >= 15 is 0 Å². The predicted molar refractivity (Wildman–Crippen MR) is 120 cm³/mol. The zero-order chi connectivity index (χ0) is 21.1. The van der Waals surface area contributed by atoms with E-state index < -0.39 is 0 Å². The second-order valence-electron chi connectivity index (χ2n) is 11.0. The number of fused-ring (bicyclic) bond motifs is 4. The van der Waals surface area contributed by atoms with Gasteiger partial charge in [-0.3, -0.25) is 4.79 Å². The van der Waals surface area contributed by atoms with Gasteiger partial charge in [0.05, 0.1) is 5.92 Å². The SMILES string of the molecule is CC(Cc1ccccc1)C(=O)OC1C2(Cc3ccccc3C2)C2CCC1(C)C2(C)C. The lowest BCUT2D eigenvalue weighted by molar-refractivity contribution is -0.172. The minimum Gasteiger partial charge on any atom is -0.461 e. The Bertz CT molecular complexity index is 935. The Labute approximate surface area is 181 Å². The summed E-state index contributed by atoms with van der Waals surface area (Å²) in [6.45, 7) is 9.27. The molecule has 0 N–H and O–H groups in total. The normalized spacial score (nSPS) is 30.9. The molecule has 0 saturated heterocycles. The predicted octanol–water partition coefficient (Wildman–Crippen LogP) is 6.02. The number of esters is 1. The lowest BCUT2D eigenvalue weighted by Gasteiger charge is -2.44. The molecule has 1 spiro atoms. The van der Waals surface area contributed by atoms with Crippen molar-refractivity contribution >= 4 is 5.97 Å². The first-order valence-corrected chi connectivity index (χ1v) is 11.6. The molecule has 0 aromatic heterocycles. The first kappa shape index (κ1) is 19.8. The first-order chi connectivity index (χ1) is 14.3. The molecule has 2 nitrogen and oxygen atoms in total. The van der Waals surface area contributed by atoms with E-state index in [0.29, 0.717) is 5.92 Å². The van der Waals surface area contributed by atoms with Crippen molar-refractivity contribution in [3.05, 3.63) is 71.3 Å². The molecule has 4 atom stereocenters. The van der Waals surface area contributed by atoms with Crippen molar-refractivity contribution in [2.45, 2.75) is 65.9 Å². The Morgan fingerprint density at radius 3 is 2.23 bits per heavy atom. The molecule has 2 saturated carbocycles. The highest BCUT2D eigenvalue weighted by Crippen LogP contribution is 2.75. The summed E-state index contributed by atoms with van der Waals surface area (Å²) in [6.07, 6.45) is 5.26. The van der Waals surface area contributed by atoms with Crippen molar-refractivity contribution < 1.29 is 9.53 Å². The number of ether oxygens (including phenoxy) is 1. The van der Waals surface area contributed by atoms with Crippen LogP contribution in [0.1, 0.15) is 57.2 Å². The van der Waals surface area contributed by atoms with Gasteiger partial charge in [-0.1, -0.05) is 82.3 Å². The minimum atomic E-state index is -0.126. The van der Waals surface area contributed by atoms with Crippen molar-refractivity contribution in [2.75, 3.05) is 0 Å². The van der Waals surface area contributed by atoms with Crippen LogP contribution in [0.25, 0.3) is 0 Å². The van der Waals surface area contributed by atoms with Crippen LogP contribution in [-0.2, 0) is 28.8 Å². The molecule has 0 amide bonds. The van der Waals surface area contributed by atoms with E-state index in [9.17, 15) is 4.79 Å². The topological polar surface area (TPSA) is 26.3 Å². The van der Waals surface area contributed by atoms with Crippen LogP contribution in [-0.4, -0.2) is 12.1 Å². The molecule has 2 bridgehead atoms. The summed E-state index contributed by atoms with van der Waals surface area (Å²) in [5.74, 6) is 0.451. The zero-order valence-corrected chi connectivity index (χ0v) is 18.8. The molecule has 5 rings (SSSR count). The number of hydrogen-bond donors (Lipinski definition) is 0. The fourth-order valence-corrected chi connectivity index (χ4v) is 7.45. The van der Waals surface area contributed by atoms with E-state index in [2.05, 4.69) is 57.2 Å². The Balaban J connectivity index is 1.44. The van der Waals surface area contributed by atoms with E-state index in [1.807, 2.05) is 25.1 Å². The molecule has 3 aliphatic carbocycles. The van der Waals surface area contributed by atoms with Crippen LogP contribution >= 0.6 is 0 Å². The van der Waals surface area contributed by atoms with Gasteiger partial charge in [0, 0.05) is 10.8 Å². The maximum Gasteiger partial charge on any atom is 0.309 e. The molecule has 158 valence electrons. The van der Waals surface area contributed by atoms with Gasteiger partial charge in [0.15, 0.2) is 0 Å². The summed E-state index contributed by atoms with van der Waals surface area (Å²) in [5, 5.41) is 0. The van der Waals surface area contributed by atoms with Gasteiger partial charge in [0.25, 0.3) is 0 Å². The molecular weight excluding hydrogens is 368 g/mol. The highest BCUT2D eigenvalue weighted by Gasteiger charge is 2.74. The average Bonchev–Trinajstić information content (AvgIpc) is 3.25. The van der Waals surface area contributed by atoms with Crippen molar-refractivity contribution in [2.24, 2.45) is 28.1 Å². The van der Waals surface area contributed by atoms with Crippen LogP contribution in [0.5, 0.6) is 0 Å². The van der Waals surface area contributed by atoms with E-state index in [-0.39, 0.29) is 34.2 Å². The first-order valence-electron chi connectivity index (χ1n) is 11.6.